The molecule has 0 spiro atoms. The molecule has 32 heavy (non-hydrogen) atoms. The van der Waals surface area contributed by atoms with Gasteiger partial charge in [-0.1, -0.05) is 12.7 Å². The molecule has 0 aliphatic heterocycles. The Kier molecular flexibility index (Phi) is 6.41. The van der Waals surface area contributed by atoms with Crippen molar-refractivity contribution in [1.29, 1.82) is 0 Å². The Morgan fingerprint density at radius 1 is 0.969 bits per heavy atom. The number of allylic oxidation sites excluding steroid dienone is 1. The van der Waals surface area contributed by atoms with Crippen LogP contribution in [0.1, 0.15) is 19.5 Å². The van der Waals surface area contributed by atoms with E-state index in [-0.39, 0.29) is 0 Å². The van der Waals surface area contributed by atoms with Crippen LogP contribution < -0.4 is 11.1 Å². The molecule has 0 saturated carbocycles. The lowest BCUT2D eigenvalue weighted by Crippen LogP contribution is -2.08. The summed E-state index contributed by atoms with van der Waals surface area (Å²) in [6.07, 6.45) is 6.37. The molecule has 0 aliphatic carbocycles. The first-order valence-electron chi connectivity index (χ1n) is 10.0. The smallest absolute Gasteiger partial charge is 0.246 e. The number of hydrogen-bond donors (Lipinski definition) is 0. The maximum absolute atomic E-state index is 5.99. The highest BCUT2D eigenvalue weighted by atomic mass is 32.1. The van der Waals surface area contributed by atoms with E-state index in [1.165, 1.54) is 11.3 Å². The molecule has 0 radical (unpaired) electrons. The van der Waals surface area contributed by atoms with Gasteiger partial charge in [-0.2, -0.15) is 4.98 Å². The predicted octanol–water partition coefficient (Wildman–Crippen LogP) is 4.04. The van der Waals surface area contributed by atoms with E-state index in [4.69, 9.17) is 8.83 Å². The Morgan fingerprint density at radius 3 is 2.34 bits per heavy atom. The van der Waals surface area contributed by atoms with E-state index < -0.39 is 0 Å². The van der Waals surface area contributed by atoms with Crippen LogP contribution in [0.15, 0.2) is 61.0 Å². The van der Waals surface area contributed by atoms with Crippen molar-refractivity contribution < 1.29 is 8.83 Å². The lowest BCUT2D eigenvalue weighted by molar-refractivity contribution is 0.488. The first-order valence-corrected chi connectivity index (χ1v) is 10.9. The Bertz CT molecular complexity index is 1450. The van der Waals surface area contributed by atoms with Crippen molar-refractivity contribution in [2.24, 2.45) is 15.0 Å². The highest BCUT2D eigenvalue weighted by molar-refractivity contribution is 7.18. The molecule has 4 heterocycles. The van der Waals surface area contributed by atoms with Gasteiger partial charge in [0.05, 0.1) is 15.4 Å². The summed E-state index contributed by atoms with van der Waals surface area (Å²) >= 11 is 1.44. The van der Waals surface area contributed by atoms with Crippen molar-refractivity contribution in [2.45, 2.75) is 20.8 Å². The third-order valence-electron chi connectivity index (χ3n) is 4.23. The molecule has 4 aromatic rings. The first-order chi connectivity index (χ1) is 15.6. The molecular weight excluding hydrogens is 426 g/mol. The predicted molar refractivity (Wildman–Crippen MR) is 124 cm³/mol. The van der Waals surface area contributed by atoms with Gasteiger partial charge in [-0.3, -0.25) is 0 Å². The molecule has 0 bridgehead atoms. The molecule has 0 fully saturated rings. The molecule has 10 heteroatoms. The summed E-state index contributed by atoms with van der Waals surface area (Å²) in [5.41, 5.74) is 3.13. The van der Waals surface area contributed by atoms with E-state index >= 15 is 0 Å². The van der Waals surface area contributed by atoms with Gasteiger partial charge >= 0.3 is 0 Å². The van der Waals surface area contributed by atoms with Crippen LogP contribution in [0.4, 0.5) is 5.69 Å². The molecule has 0 unspecified atom stereocenters. The van der Waals surface area contributed by atoms with Gasteiger partial charge in [0.15, 0.2) is 11.2 Å². The molecule has 0 aromatic carbocycles. The van der Waals surface area contributed by atoms with Crippen molar-refractivity contribution in [3.63, 3.8) is 0 Å². The molecular formula is C22H21N7O2S. The minimum atomic E-state index is 0.405. The topological polar surface area (TPSA) is 115 Å². The molecule has 4 rings (SSSR count). The second-order valence-corrected chi connectivity index (χ2v) is 7.52. The minimum absolute atomic E-state index is 0.405. The van der Waals surface area contributed by atoms with Crippen LogP contribution in [0, 0.1) is 6.92 Å². The summed E-state index contributed by atoms with van der Waals surface area (Å²) in [7, 11) is 0. The van der Waals surface area contributed by atoms with E-state index in [9.17, 15) is 0 Å². The van der Waals surface area contributed by atoms with Crippen LogP contribution in [0.5, 0.6) is 0 Å². The number of thiophene rings is 1. The standard InChI is InChI=1S/C22H21N7O2S/c1-5-10-25-16-13(4)28-19(30-21(16)23-6-2)14-8-9-15(32-14)20-29-18-17(26-11-12-27-18)22(31-20)24-7-3/h5,8-12H,1,6-7H2,2-4H3. The number of nitrogens with zero attached hydrogens (tertiary/aromatic N) is 7. The van der Waals surface area contributed by atoms with E-state index in [1.807, 2.05) is 32.9 Å². The second-order valence-electron chi connectivity index (χ2n) is 6.44. The van der Waals surface area contributed by atoms with E-state index in [0.717, 1.165) is 9.75 Å². The Balaban J connectivity index is 1.82. The van der Waals surface area contributed by atoms with Gasteiger partial charge in [-0.05, 0) is 32.9 Å². The molecule has 0 aliphatic rings. The summed E-state index contributed by atoms with van der Waals surface area (Å²) in [6, 6.07) is 3.80. The molecule has 0 saturated heterocycles. The number of fused-ring (bicyclic) bond motifs is 1. The van der Waals surface area contributed by atoms with Crippen LogP contribution in [-0.4, -0.2) is 39.2 Å². The fourth-order valence-electron chi connectivity index (χ4n) is 2.90. The second kappa shape index (κ2) is 9.56. The number of aliphatic imine (C=N–C) groups is 1. The highest BCUT2D eigenvalue weighted by Gasteiger charge is 2.16. The van der Waals surface area contributed by atoms with Gasteiger partial charge < -0.3 is 8.83 Å². The Morgan fingerprint density at radius 2 is 1.62 bits per heavy atom. The molecule has 9 nitrogen and oxygen atoms in total. The van der Waals surface area contributed by atoms with Crippen molar-refractivity contribution in [2.75, 3.05) is 13.1 Å². The van der Waals surface area contributed by atoms with Crippen LogP contribution >= 0.6 is 11.3 Å². The van der Waals surface area contributed by atoms with Gasteiger partial charge in [0, 0.05) is 31.7 Å². The van der Waals surface area contributed by atoms with E-state index in [2.05, 4.69) is 41.5 Å². The van der Waals surface area contributed by atoms with E-state index in [1.54, 1.807) is 24.7 Å². The number of aromatic nitrogens is 4. The van der Waals surface area contributed by atoms with Crippen LogP contribution in [-0.2, 0) is 0 Å². The third-order valence-corrected chi connectivity index (χ3v) is 5.29. The molecule has 0 N–H and O–H groups in total. The van der Waals surface area contributed by atoms with Gasteiger partial charge in [0.1, 0.15) is 5.69 Å². The number of rotatable bonds is 6. The Labute approximate surface area is 187 Å². The average molecular weight is 448 g/mol. The summed E-state index contributed by atoms with van der Waals surface area (Å²) in [6.45, 7) is 10.5. The zero-order valence-corrected chi connectivity index (χ0v) is 18.8. The zero-order valence-electron chi connectivity index (χ0n) is 17.9. The normalized spacial score (nSPS) is 12.8. The first kappa shape index (κ1) is 21.4. The van der Waals surface area contributed by atoms with Gasteiger partial charge in [-0.25, -0.2) is 29.9 Å². The fraction of sp³-hybridized carbons (Fsp3) is 0.227. The van der Waals surface area contributed by atoms with Crippen molar-refractivity contribution in [3.05, 3.63) is 54.0 Å². The number of hydrogen-bond acceptors (Lipinski definition) is 10. The van der Waals surface area contributed by atoms with Crippen LogP contribution in [0.3, 0.4) is 0 Å². The number of aryl methyl sites for hydroxylation is 1. The van der Waals surface area contributed by atoms with Crippen LogP contribution in [0.2, 0.25) is 0 Å². The highest BCUT2D eigenvalue weighted by Crippen LogP contribution is 2.33. The van der Waals surface area contributed by atoms with Crippen LogP contribution in [0.25, 0.3) is 32.7 Å². The molecule has 162 valence electrons. The monoisotopic (exact) mass is 447 g/mol. The molecule has 4 aromatic heterocycles. The lowest BCUT2D eigenvalue weighted by atomic mass is 10.3. The quantitative estimate of drug-likeness (QED) is 0.412. The largest absolute Gasteiger partial charge is 0.417 e. The van der Waals surface area contributed by atoms with Gasteiger partial charge in [0.25, 0.3) is 0 Å². The van der Waals surface area contributed by atoms with Gasteiger partial charge in [0.2, 0.25) is 22.9 Å². The summed E-state index contributed by atoms with van der Waals surface area (Å²) in [5.74, 6) is 0.853. The van der Waals surface area contributed by atoms with Gasteiger partial charge in [-0.15, -0.1) is 11.3 Å². The van der Waals surface area contributed by atoms with E-state index in [0.29, 0.717) is 58.5 Å². The lowest BCUT2D eigenvalue weighted by Gasteiger charge is -2.03. The minimum Gasteiger partial charge on any atom is -0.417 e. The SMILES string of the molecule is C=CC=Nc1c(C)nc(-c2ccc(-c3nc4nccnc4c(=NCC)o3)s2)oc1=NCC. The fourth-order valence-corrected chi connectivity index (χ4v) is 3.76. The Hall–Kier alpha value is -3.79. The zero-order chi connectivity index (χ0) is 22.5. The maximum atomic E-state index is 5.99. The van der Waals surface area contributed by atoms with Crippen molar-refractivity contribution in [1.82, 2.24) is 19.9 Å². The average Bonchev–Trinajstić information content (AvgIpc) is 3.29. The summed E-state index contributed by atoms with van der Waals surface area (Å²) in [4.78, 5) is 32.5. The maximum Gasteiger partial charge on any atom is 0.246 e. The molecule has 0 amide bonds. The summed E-state index contributed by atoms with van der Waals surface area (Å²) < 4.78 is 11.9. The van der Waals surface area contributed by atoms with Crippen molar-refractivity contribution >= 4 is 34.4 Å². The molecule has 0 atom stereocenters. The third kappa shape index (κ3) is 4.30. The summed E-state index contributed by atoms with van der Waals surface area (Å²) in [5, 5.41) is 0. The van der Waals surface area contributed by atoms with Crippen molar-refractivity contribution in [3.8, 4) is 21.5 Å².